The molecule has 1 aliphatic carbocycles. The summed E-state index contributed by atoms with van der Waals surface area (Å²) < 4.78 is 0. The first-order valence-corrected chi connectivity index (χ1v) is 7.04. The summed E-state index contributed by atoms with van der Waals surface area (Å²) in [6, 6.07) is 0. The zero-order valence-corrected chi connectivity index (χ0v) is 11.8. The molecule has 96 valence electrons. The summed E-state index contributed by atoms with van der Waals surface area (Å²) in [5.41, 5.74) is 0.407. The van der Waals surface area contributed by atoms with Crippen LogP contribution in [0.15, 0.2) is 0 Å². The standard InChI is InChI=1S/C15H30O/c1-6-7-11(2)13-10-12(15(3,4)5)8-9-14(13)16/h11-14,16H,6-10H2,1-5H3. The van der Waals surface area contributed by atoms with Crippen molar-refractivity contribution in [3.63, 3.8) is 0 Å². The molecule has 0 heterocycles. The van der Waals surface area contributed by atoms with E-state index in [4.69, 9.17) is 0 Å². The van der Waals surface area contributed by atoms with Gasteiger partial charge in [0, 0.05) is 0 Å². The first kappa shape index (κ1) is 14.0. The van der Waals surface area contributed by atoms with Gasteiger partial charge in [-0.05, 0) is 42.4 Å². The first-order chi connectivity index (χ1) is 7.36. The molecule has 0 saturated heterocycles. The molecule has 0 aliphatic heterocycles. The molecule has 1 nitrogen and oxygen atoms in total. The molecule has 0 aromatic heterocycles. The minimum absolute atomic E-state index is 0.0415. The lowest BCUT2D eigenvalue weighted by molar-refractivity contribution is -0.00567. The van der Waals surface area contributed by atoms with Gasteiger partial charge in [0.1, 0.15) is 0 Å². The van der Waals surface area contributed by atoms with Crippen molar-refractivity contribution >= 4 is 0 Å². The molecule has 1 rings (SSSR count). The molecule has 16 heavy (non-hydrogen) atoms. The van der Waals surface area contributed by atoms with E-state index >= 15 is 0 Å². The molecule has 1 saturated carbocycles. The van der Waals surface area contributed by atoms with Crippen LogP contribution in [0, 0.1) is 23.2 Å². The highest BCUT2D eigenvalue weighted by Crippen LogP contribution is 2.43. The minimum Gasteiger partial charge on any atom is -0.393 e. The van der Waals surface area contributed by atoms with E-state index in [9.17, 15) is 5.11 Å². The SMILES string of the molecule is CCCC(C)C1CC(C(C)(C)C)CCC1O. The van der Waals surface area contributed by atoms with Crippen molar-refractivity contribution in [2.75, 3.05) is 0 Å². The smallest absolute Gasteiger partial charge is 0.0571 e. The highest BCUT2D eigenvalue weighted by molar-refractivity contribution is 4.87. The summed E-state index contributed by atoms with van der Waals surface area (Å²) in [5.74, 6) is 2.02. The molecule has 0 radical (unpaired) electrons. The Morgan fingerprint density at radius 1 is 1.25 bits per heavy atom. The maximum Gasteiger partial charge on any atom is 0.0571 e. The van der Waals surface area contributed by atoms with Crippen LogP contribution in [0.2, 0.25) is 0 Å². The summed E-state index contributed by atoms with van der Waals surface area (Å²) >= 11 is 0. The Balaban J connectivity index is 2.61. The molecule has 0 amide bonds. The van der Waals surface area contributed by atoms with Crippen molar-refractivity contribution in [3.05, 3.63) is 0 Å². The molecule has 0 bridgehead atoms. The van der Waals surface area contributed by atoms with Gasteiger partial charge in [-0.3, -0.25) is 0 Å². The first-order valence-electron chi connectivity index (χ1n) is 7.04. The second-order valence-electron chi connectivity index (χ2n) is 6.87. The molecular weight excluding hydrogens is 196 g/mol. The zero-order chi connectivity index (χ0) is 12.3. The zero-order valence-electron chi connectivity index (χ0n) is 11.8. The highest BCUT2D eigenvalue weighted by Gasteiger charge is 2.36. The minimum atomic E-state index is -0.0415. The molecule has 4 unspecified atom stereocenters. The van der Waals surface area contributed by atoms with Crippen molar-refractivity contribution in [1.82, 2.24) is 0 Å². The van der Waals surface area contributed by atoms with E-state index in [1.807, 2.05) is 0 Å². The fraction of sp³-hybridized carbons (Fsp3) is 1.00. The maximum atomic E-state index is 10.1. The van der Waals surface area contributed by atoms with Gasteiger partial charge in [0.25, 0.3) is 0 Å². The topological polar surface area (TPSA) is 20.2 Å². The normalized spacial score (nSPS) is 33.8. The van der Waals surface area contributed by atoms with E-state index in [1.54, 1.807) is 0 Å². The van der Waals surface area contributed by atoms with Gasteiger partial charge >= 0.3 is 0 Å². The molecule has 0 aromatic rings. The Hall–Kier alpha value is -0.0400. The fourth-order valence-corrected chi connectivity index (χ4v) is 3.26. The number of rotatable bonds is 3. The van der Waals surface area contributed by atoms with E-state index in [0.29, 0.717) is 17.3 Å². The van der Waals surface area contributed by atoms with E-state index < -0.39 is 0 Å². The fourth-order valence-electron chi connectivity index (χ4n) is 3.26. The molecule has 4 atom stereocenters. The molecule has 1 heteroatoms. The van der Waals surface area contributed by atoms with Crippen LogP contribution in [0.4, 0.5) is 0 Å². The lowest BCUT2D eigenvalue weighted by Crippen LogP contribution is -2.37. The molecule has 1 aliphatic rings. The van der Waals surface area contributed by atoms with Gasteiger partial charge in [-0.1, -0.05) is 47.5 Å². The predicted molar refractivity (Wildman–Crippen MR) is 70.4 cm³/mol. The van der Waals surface area contributed by atoms with Crippen molar-refractivity contribution in [1.29, 1.82) is 0 Å². The van der Waals surface area contributed by atoms with Crippen LogP contribution in [-0.4, -0.2) is 11.2 Å². The maximum absolute atomic E-state index is 10.1. The lowest BCUT2D eigenvalue weighted by Gasteiger charge is -2.42. The predicted octanol–water partition coefficient (Wildman–Crippen LogP) is 4.25. The number of aliphatic hydroxyl groups excluding tert-OH is 1. The summed E-state index contributed by atoms with van der Waals surface area (Å²) in [6.07, 6.45) is 5.91. The molecule has 1 N–H and O–H groups in total. The average Bonchev–Trinajstić information content (AvgIpc) is 2.16. The second kappa shape index (κ2) is 5.53. The van der Waals surface area contributed by atoms with Crippen molar-refractivity contribution < 1.29 is 5.11 Å². The van der Waals surface area contributed by atoms with Gasteiger partial charge in [0.15, 0.2) is 0 Å². The third kappa shape index (κ3) is 3.48. The van der Waals surface area contributed by atoms with Gasteiger partial charge in [0.2, 0.25) is 0 Å². The molecule has 0 aromatic carbocycles. The van der Waals surface area contributed by atoms with Crippen LogP contribution in [0.3, 0.4) is 0 Å². The Bertz CT molecular complexity index is 204. The van der Waals surface area contributed by atoms with Crippen LogP contribution >= 0.6 is 0 Å². The summed E-state index contributed by atoms with van der Waals surface area (Å²) in [4.78, 5) is 0. The monoisotopic (exact) mass is 226 g/mol. The van der Waals surface area contributed by atoms with E-state index in [-0.39, 0.29) is 6.10 Å². The van der Waals surface area contributed by atoms with Crippen LogP contribution in [-0.2, 0) is 0 Å². The Labute approximate surface area is 102 Å². The van der Waals surface area contributed by atoms with Gasteiger partial charge < -0.3 is 5.11 Å². The number of hydrogen-bond donors (Lipinski definition) is 1. The summed E-state index contributed by atoms with van der Waals surface area (Å²) in [6.45, 7) is 11.6. The Morgan fingerprint density at radius 2 is 1.88 bits per heavy atom. The third-order valence-corrected chi connectivity index (χ3v) is 4.56. The van der Waals surface area contributed by atoms with Gasteiger partial charge in [-0.2, -0.15) is 0 Å². The number of hydrogen-bond acceptors (Lipinski definition) is 1. The summed E-state index contributed by atoms with van der Waals surface area (Å²) in [5, 5.41) is 10.1. The van der Waals surface area contributed by atoms with Gasteiger partial charge in [-0.25, -0.2) is 0 Å². The Morgan fingerprint density at radius 3 is 2.38 bits per heavy atom. The van der Waals surface area contributed by atoms with Gasteiger partial charge in [0.05, 0.1) is 6.10 Å². The highest BCUT2D eigenvalue weighted by atomic mass is 16.3. The van der Waals surface area contributed by atoms with Gasteiger partial charge in [-0.15, -0.1) is 0 Å². The van der Waals surface area contributed by atoms with E-state index in [1.165, 1.54) is 25.7 Å². The van der Waals surface area contributed by atoms with Crippen LogP contribution < -0.4 is 0 Å². The largest absolute Gasteiger partial charge is 0.393 e. The third-order valence-electron chi connectivity index (χ3n) is 4.56. The number of aliphatic hydroxyl groups is 1. The van der Waals surface area contributed by atoms with Crippen molar-refractivity contribution in [2.24, 2.45) is 23.2 Å². The van der Waals surface area contributed by atoms with Crippen molar-refractivity contribution in [3.8, 4) is 0 Å². The van der Waals surface area contributed by atoms with Crippen molar-refractivity contribution in [2.45, 2.75) is 72.8 Å². The van der Waals surface area contributed by atoms with Crippen LogP contribution in [0.5, 0.6) is 0 Å². The van der Waals surface area contributed by atoms with E-state index in [0.717, 1.165) is 12.3 Å². The quantitative estimate of drug-likeness (QED) is 0.763. The summed E-state index contributed by atoms with van der Waals surface area (Å²) in [7, 11) is 0. The van der Waals surface area contributed by atoms with Crippen LogP contribution in [0.25, 0.3) is 0 Å². The average molecular weight is 226 g/mol. The molecular formula is C15H30O. The van der Waals surface area contributed by atoms with E-state index in [2.05, 4.69) is 34.6 Å². The molecule has 0 spiro atoms. The second-order valence-corrected chi connectivity index (χ2v) is 6.87. The molecule has 1 fully saturated rings. The van der Waals surface area contributed by atoms with Crippen LogP contribution in [0.1, 0.15) is 66.7 Å². The lowest BCUT2D eigenvalue weighted by atomic mass is 9.65. The Kier molecular flexibility index (Phi) is 4.85.